The predicted molar refractivity (Wildman–Crippen MR) is 115 cm³/mol. The molecule has 30 heavy (non-hydrogen) atoms. The number of hydrogen-bond donors (Lipinski definition) is 3. The van der Waals surface area contributed by atoms with Gasteiger partial charge in [-0.2, -0.15) is 5.10 Å². The van der Waals surface area contributed by atoms with E-state index in [4.69, 9.17) is 11.6 Å². The zero-order chi connectivity index (χ0) is 21.1. The lowest BCUT2D eigenvalue weighted by atomic mass is 10.1. The zero-order valence-electron chi connectivity index (χ0n) is 15.6. The molecule has 0 fully saturated rings. The van der Waals surface area contributed by atoms with Crippen LogP contribution < -0.4 is 10.6 Å². The summed E-state index contributed by atoms with van der Waals surface area (Å²) in [6, 6.07) is 15.8. The van der Waals surface area contributed by atoms with Crippen molar-refractivity contribution in [2.75, 3.05) is 10.6 Å². The summed E-state index contributed by atoms with van der Waals surface area (Å²) in [6.45, 7) is 0. The zero-order valence-corrected chi connectivity index (χ0v) is 16.4. The van der Waals surface area contributed by atoms with Crippen LogP contribution in [0.3, 0.4) is 0 Å². The number of carbonyl (C=O) groups excluding carboxylic acids is 1. The lowest BCUT2D eigenvalue weighted by molar-refractivity contribution is -0.132. The van der Waals surface area contributed by atoms with E-state index in [-0.39, 0.29) is 11.3 Å². The van der Waals surface area contributed by atoms with Crippen molar-refractivity contribution in [2.24, 2.45) is 0 Å². The summed E-state index contributed by atoms with van der Waals surface area (Å²) in [7, 11) is 0. The Balaban J connectivity index is 1.64. The number of anilines is 2. The van der Waals surface area contributed by atoms with E-state index in [1.165, 1.54) is 6.20 Å². The van der Waals surface area contributed by atoms with Crippen molar-refractivity contribution in [3.63, 3.8) is 0 Å². The SMILES string of the molecule is O=C(O)C1=CC(C=Cc2ccccc2)n2ncc(C(=O)Nc3ccc(Cl)cc3)c2N1. The minimum atomic E-state index is -1.12. The smallest absolute Gasteiger partial charge is 0.352 e. The van der Waals surface area contributed by atoms with Gasteiger partial charge in [-0.3, -0.25) is 4.79 Å². The number of nitrogens with zero attached hydrogens (tertiary/aromatic N) is 2. The molecular weight excluding hydrogens is 404 g/mol. The number of amides is 1. The Morgan fingerprint density at radius 3 is 2.57 bits per heavy atom. The second-order valence-corrected chi connectivity index (χ2v) is 7.02. The van der Waals surface area contributed by atoms with Crippen LogP contribution in [0, 0.1) is 0 Å². The van der Waals surface area contributed by atoms with E-state index in [1.54, 1.807) is 35.0 Å². The largest absolute Gasteiger partial charge is 0.477 e. The number of aromatic nitrogens is 2. The maximum Gasteiger partial charge on any atom is 0.352 e. The van der Waals surface area contributed by atoms with Gasteiger partial charge in [0.25, 0.3) is 5.91 Å². The summed E-state index contributed by atoms with van der Waals surface area (Å²) in [6.07, 6.45) is 6.67. The van der Waals surface area contributed by atoms with Crippen LogP contribution in [0.5, 0.6) is 0 Å². The average Bonchev–Trinajstić information content (AvgIpc) is 3.18. The van der Waals surface area contributed by atoms with Gasteiger partial charge in [0.1, 0.15) is 17.1 Å². The van der Waals surface area contributed by atoms with Crippen LogP contribution in [0.4, 0.5) is 11.5 Å². The molecule has 8 heteroatoms. The number of nitrogens with one attached hydrogen (secondary N) is 2. The molecule has 0 saturated carbocycles. The van der Waals surface area contributed by atoms with Crippen LogP contribution in [0.1, 0.15) is 22.0 Å². The summed E-state index contributed by atoms with van der Waals surface area (Å²) < 4.78 is 1.57. The van der Waals surface area contributed by atoms with E-state index in [9.17, 15) is 14.7 Å². The molecule has 1 unspecified atom stereocenters. The van der Waals surface area contributed by atoms with Gasteiger partial charge in [0.2, 0.25) is 0 Å². The number of fused-ring (bicyclic) bond motifs is 1. The Hall–Kier alpha value is -3.84. The van der Waals surface area contributed by atoms with E-state index >= 15 is 0 Å². The Kier molecular flexibility index (Phi) is 5.36. The quantitative estimate of drug-likeness (QED) is 0.567. The van der Waals surface area contributed by atoms with Crippen LogP contribution in [0.25, 0.3) is 6.08 Å². The van der Waals surface area contributed by atoms with Gasteiger partial charge in [-0.1, -0.05) is 54.1 Å². The summed E-state index contributed by atoms with van der Waals surface area (Å²) in [5.74, 6) is -1.22. The Morgan fingerprint density at radius 2 is 1.87 bits per heavy atom. The number of carboxylic acids is 1. The summed E-state index contributed by atoms with van der Waals surface area (Å²) >= 11 is 5.87. The molecule has 1 aliphatic heterocycles. The molecule has 0 saturated heterocycles. The molecule has 3 aromatic rings. The Bertz CT molecular complexity index is 1150. The van der Waals surface area contributed by atoms with Gasteiger partial charge in [0.15, 0.2) is 0 Å². The highest BCUT2D eigenvalue weighted by atomic mass is 35.5. The molecule has 7 nitrogen and oxygen atoms in total. The fraction of sp³-hybridized carbons (Fsp3) is 0.0455. The van der Waals surface area contributed by atoms with Gasteiger partial charge in [-0.05, 0) is 35.9 Å². The fourth-order valence-electron chi connectivity index (χ4n) is 3.06. The van der Waals surface area contributed by atoms with Crippen LogP contribution in [-0.2, 0) is 4.79 Å². The van der Waals surface area contributed by atoms with Crippen molar-refractivity contribution in [3.05, 3.63) is 94.8 Å². The molecule has 0 spiro atoms. The van der Waals surface area contributed by atoms with Gasteiger partial charge in [-0.15, -0.1) is 0 Å². The first kappa shape index (κ1) is 19.5. The van der Waals surface area contributed by atoms with Crippen LogP contribution in [0.2, 0.25) is 5.02 Å². The van der Waals surface area contributed by atoms with E-state index < -0.39 is 17.9 Å². The first-order chi connectivity index (χ1) is 14.5. The van der Waals surface area contributed by atoms with E-state index in [1.807, 2.05) is 42.5 Å². The van der Waals surface area contributed by atoms with Crippen LogP contribution in [-0.4, -0.2) is 26.8 Å². The van der Waals surface area contributed by atoms with Gasteiger partial charge in [0.05, 0.1) is 12.2 Å². The molecule has 0 bridgehead atoms. The molecule has 2 heterocycles. The van der Waals surface area contributed by atoms with E-state index in [0.29, 0.717) is 16.5 Å². The number of rotatable bonds is 5. The predicted octanol–water partition coefficient (Wildman–Crippen LogP) is 4.44. The molecule has 1 atom stereocenters. The Labute approximate surface area is 177 Å². The van der Waals surface area contributed by atoms with Gasteiger partial charge >= 0.3 is 5.97 Å². The minimum absolute atomic E-state index is 0.0220. The summed E-state index contributed by atoms with van der Waals surface area (Å²) in [5.41, 5.74) is 1.74. The number of hydrogen-bond acceptors (Lipinski definition) is 4. The maximum absolute atomic E-state index is 12.8. The van der Waals surface area contributed by atoms with Crippen LogP contribution >= 0.6 is 11.6 Å². The molecular formula is C22H17ClN4O3. The molecule has 0 radical (unpaired) electrons. The molecule has 1 amide bonds. The number of halogens is 1. The number of benzene rings is 2. The van der Waals surface area contributed by atoms with Crippen molar-refractivity contribution in [2.45, 2.75) is 6.04 Å². The molecule has 3 N–H and O–H groups in total. The molecule has 2 aromatic carbocycles. The number of carbonyl (C=O) groups is 2. The highest BCUT2D eigenvalue weighted by Crippen LogP contribution is 2.29. The molecule has 0 aliphatic carbocycles. The molecule has 1 aromatic heterocycles. The third kappa shape index (κ3) is 4.11. The van der Waals surface area contributed by atoms with Crippen molar-refractivity contribution >= 4 is 41.1 Å². The lowest BCUT2D eigenvalue weighted by Gasteiger charge is -2.22. The Morgan fingerprint density at radius 1 is 1.13 bits per heavy atom. The molecule has 4 rings (SSSR count). The van der Waals surface area contributed by atoms with Crippen LogP contribution in [0.15, 0.2) is 78.6 Å². The third-order valence-electron chi connectivity index (χ3n) is 4.53. The number of carboxylic acid groups (broad SMARTS) is 1. The second-order valence-electron chi connectivity index (χ2n) is 6.58. The van der Waals surface area contributed by atoms with Gasteiger partial charge in [-0.25, -0.2) is 9.48 Å². The second kappa shape index (κ2) is 8.26. The highest BCUT2D eigenvalue weighted by Gasteiger charge is 2.27. The maximum atomic E-state index is 12.8. The van der Waals surface area contributed by atoms with Gasteiger partial charge < -0.3 is 15.7 Å². The summed E-state index contributed by atoms with van der Waals surface area (Å²) in [5, 5.41) is 19.9. The number of allylic oxidation sites excluding steroid dienone is 2. The topological polar surface area (TPSA) is 96.2 Å². The molecule has 1 aliphatic rings. The highest BCUT2D eigenvalue weighted by molar-refractivity contribution is 6.30. The van der Waals surface area contributed by atoms with Crippen molar-refractivity contribution in [3.8, 4) is 0 Å². The summed E-state index contributed by atoms with van der Waals surface area (Å²) in [4.78, 5) is 24.4. The molecule has 150 valence electrons. The average molecular weight is 421 g/mol. The van der Waals surface area contributed by atoms with Gasteiger partial charge in [0, 0.05) is 10.7 Å². The van der Waals surface area contributed by atoms with Crippen molar-refractivity contribution in [1.82, 2.24) is 9.78 Å². The lowest BCUT2D eigenvalue weighted by Crippen LogP contribution is -2.24. The normalized spacial score (nSPS) is 15.2. The number of aliphatic carboxylic acids is 1. The fourth-order valence-corrected chi connectivity index (χ4v) is 3.18. The standard InChI is InChI=1S/C22H17ClN4O3/c23-15-7-9-16(10-8-15)25-21(28)18-13-24-27-17(11-6-14-4-2-1-3-5-14)12-19(22(29)30)26-20(18)27/h1-13,17,26H,(H,25,28)(H,29,30). The van der Waals surface area contributed by atoms with E-state index in [2.05, 4.69) is 15.7 Å². The first-order valence-corrected chi connectivity index (χ1v) is 9.49. The minimum Gasteiger partial charge on any atom is -0.477 e. The van der Waals surface area contributed by atoms with Crippen molar-refractivity contribution in [1.29, 1.82) is 0 Å². The third-order valence-corrected chi connectivity index (χ3v) is 4.78. The van der Waals surface area contributed by atoms with Crippen molar-refractivity contribution < 1.29 is 14.7 Å². The van der Waals surface area contributed by atoms with E-state index in [0.717, 1.165) is 5.56 Å². The first-order valence-electron chi connectivity index (χ1n) is 9.11. The monoisotopic (exact) mass is 420 g/mol.